The average molecular weight is 425 g/mol. The van der Waals surface area contributed by atoms with Crippen molar-refractivity contribution in [2.45, 2.75) is 19.3 Å². The summed E-state index contributed by atoms with van der Waals surface area (Å²) in [5.74, 6) is 0.372. The normalized spacial score (nSPS) is 16.0. The van der Waals surface area contributed by atoms with E-state index in [-0.39, 0.29) is 17.7 Å². The van der Waals surface area contributed by atoms with Gasteiger partial charge in [-0.1, -0.05) is 11.6 Å². The third-order valence-electron chi connectivity index (χ3n) is 5.14. The number of carbonyl (C=O) groups is 2. The fourth-order valence-electron chi connectivity index (χ4n) is 3.51. The van der Waals surface area contributed by atoms with Crippen molar-refractivity contribution >= 4 is 29.1 Å². The molecule has 8 nitrogen and oxygen atoms in total. The largest absolute Gasteiger partial charge is 0.338 e. The van der Waals surface area contributed by atoms with Gasteiger partial charge in [-0.05, 0) is 37.6 Å². The molecular weight excluding hydrogens is 404 g/mol. The van der Waals surface area contributed by atoms with Crippen LogP contribution in [0.4, 0.5) is 5.69 Å². The first-order valence-corrected chi connectivity index (χ1v) is 9.97. The molecule has 9 heteroatoms. The summed E-state index contributed by atoms with van der Waals surface area (Å²) in [4.78, 5) is 36.0. The number of hydrogen-bond acceptors (Lipinski definition) is 5. The Balaban J connectivity index is 1.43. The fourth-order valence-corrected chi connectivity index (χ4v) is 3.63. The number of anilines is 1. The molecule has 30 heavy (non-hydrogen) atoms. The van der Waals surface area contributed by atoms with Gasteiger partial charge in [-0.25, -0.2) is 9.97 Å². The van der Waals surface area contributed by atoms with Crippen molar-refractivity contribution in [3.8, 4) is 0 Å². The molecule has 1 N–H and O–H groups in total. The molecule has 0 radical (unpaired) electrons. The quantitative estimate of drug-likeness (QED) is 0.694. The second-order valence-electron chi connectivity index (χ2n) is 7.33. The zero-order chi connectivity index (χ0) is 21.3. The first-order valence-electron chi connectivity index (χ1n) is 9.59. The van der Waals surface area contributed by atoms with Gasteiger partial charge in [0, 0.05) is 49.2 Å². The highest BCUT2D eigenvalue weighted by molar-refractivity contribution is 6.30. The summed E-state index contributed by atoms with van der Waals surface area (Å²) < 4.78 is 1.61. The number of halogens is 1. The van der Waals surface area contributed by atoms with E-state index in [2.05, 4.69) is 20.4 Å². The van der Waals surface area contributed by atoms with Gasteiger partial charge in [0.15, 0.2) is 0 Å². The number of amides is 2. The van der Waals surface area contributed by atoms with Crippen LogP contribution in [0.15, 0.2) is 42.9 Å². The van der Waals surface area contributed by atoms with E-state index in [9.17, 15) is 9.59 Å². The molecule has 2 aromatic heterocycles. The summed E-state index contributed by atoms with van der Waals surface area (Å²) in [6.45, 7) is 2.97. The van der Waals surface area contributed by atoms with Crippen LogP contribution < -0.4 is 5.32 Å². The monoisotopic (exact) mass is 424 g/mol. The van der Waals surface area contributed by atoms with E-state index in [1.165, 1.54) is 0 Å². The maximum absolute atomic E-state index is 12.6. The number of rotatable bonds is 4. The molecule has 154 valence electrons. The van der Waals surface area contributed by atoms with Crippen LogP contribution in [0.2, 0.25) is 5.02 Å². The van der Waals surface area contributed by atoms with Crippen LogP contribution in [0.3, 0.4) is 0 Å². The molecule has 0 unspecified atom stereocenters. The van der Waals surface area contributed by atoms with E-state index in [0.717, 1.165) is 6.42 Å². The van der Waals surface area contributed by atoms with Crippen LogP contribution in [-0.2, 0) is 7.05 Å². The van der Waals surface area contributed by atoms with Crippen molar-refractivity contribution < 1.29 is 9.59 Å². The van der Waals surface area contributed by atoms with E-state index in [1.54, 1.807) is 66.4 Å². The lowest BCUT2D eigenvalue weighted by Crippen LogP contribution is -2.28. The summed E-state index contributed by atoms with van der Waals surface area (Å²) in [7, 11) is 1.78. The minimum atomic E-state index is -0.277. The minimum Gasteiger partial charge on any atom is -0.338 e. The standard InChI is InChI=1S/C21H21ClN6O2/c1-13-18(20(29)26-17-5-3-16(22)4-6-17)10-23-19(25-13)14-7-8-28(12-14)21(30)15-9-24-27(2)11-15/h3-6,9-11,14H,7-8,12H2,1-2H3,(H,26,29)/t14-/m0/s1. The van der Waals surface area contributed by atoms with Crippen LogP contribution in [0.1, 0.15) is 44.6 Å². The Bertz CT molecular complexity index is 1100. The molecule has 1 aromatic carbocycles. The zero-order valence-corrected chi connectivity index (χ0v) is 17.4. The van der Waals surface area contributed by atoms with E-state index in [4.69, 9.17) is 11.6 Å². The molecule has 1 atom stereocenters. The zero-order valence-electron chi connectivity index (χ0n) is 16.7. The van der Waals surface area contributed by atoms with Crippen molar-refractivity contribution in [1.29, 1.82) is 0 Å². The Morgan fingerprint density at radius 2 is 1.97 bits per heavy atom. The fraction of sp³-hybridized carbons (Fsp3) is 0.286. The van der Waals surface area contributed by atoms with Crippen molar-refractivity contribution in [1.82, 2.24) is 24.6 Å². The second kappa shape index (κ2) is 8.23. The number of nitrogens with one attached hydrogen (secondary N) is 1. The molecule has 0 aliphatic carbocycles. The lowest BCUT2D eigenvalue weighted by Gasteiger charge is -2.15. The predicted octanol–water partition coefficient (Wildman–Crippen LogP) is 3.05. The lowest BCUT2D eigenvalue weighted by atomic mass is 10.1. The molecule has 4 rings (SSSR count). The Labute approximate surface area is 178 Å². The molecule has 3 heterocycles. The summed E-state index contributed by atoms with van der Waals surface area (Å²) in [5, 5.41) is 7.48. The van der Waals surface area contributed by atoms with Crippen LogP contribution in [0, 0.1) is 6.92 Å². The maximum atomic E-state index is 12.6. The van der Waals surface area contributed by atoms with Crippen LogP contribution >= 0.6 is 11.6 Å². The van der Waals surface area contributed by atoms with Crippen molar-refractivity contribution in [2.24, 2.45) is 7.05 Å². The third kappa shape index (κ3) is 4.18. The number of carbonyl (C=O) groups excluding carboxylic acids is 2. The topological polar surface area (TPSA) is 93.0 Å². The van der Waals surface area contributed by atoms with E-state index in [1.807, 2.05) is 0 Å². The van der Waals surface area contributed by atoms with Crippen LogP contribution in [-0.4, -0.2) is 49.6 Å². The van der Waals surface area contributed by atoms with Crippen molar-refractivity contribution in [3.05, 3.63) is 70.5 Å². The molecule has 3 aromatic rings. The molecular formula is C21H21ClN6O2. The summed E-state index contributed by atoms with van der Waals surface area (Å²) in [6.07, 6.45) is 5.62. The van der Waals surface area contributed by atoms with Crippen LogP contribution in [0.25, 0.3) is 0 Å². The Morgan fingerprint density at radius 1 is 1.20 bits per heavy atom. The molecule has 0 spiro atoms. The number of aryl methyl sites for hydroxylation is 2. The molecule has 0 bridgehead atoms. The number of nitrogens with zero attached hydrogens (tertiary/aromatic N) is 5. The van der Waals surface area contributed by atoms with Gasteiger partial charge in [0.1, 0.15) is 5.82 Å². The Morgan fingerprint density at radius 3 is 2.63 bits per heavy atom. The third-order valence-corrected chi connectivity index (χ3v) is 5.39. The SMILES string of the molecule is Cc1nc([C@H]2CCN(C(=O)c3cnn(C)c3)C2)ncc1C(=O)Nc1ccc(Cl)cc1. The number of hydrogen-bond donors (Lipinski definition) is 1. The van der Waals surface area contributed by atoms with E-state index < -0.39 is 0 Å². The molecule has 1 fully saturated rings. The minimum absolute atomic E-state index is 0.0395. The highest BCUT2D eigenvalue weighted by Crippen LogP contribution is 2.26. The maximum Gasteiger partial charge on any atom is 0.259 e. The van der Waals surface area contributed by atoms with Crippen molar-refractivity contribution in [3.63, 3.8) is 0 Å². The summed E-state index contributed by atoms with van der Waals surface area (Å²) in [5.41, 5.74) is 2.23. The Hall–Kier alpha value is -3.26. The highest BCUT2D eigenvalue weighted by Gasteiger charge is 2.30. The summed E-state index contributed by atoms with van der Waals surface area (Å²) >= 11 is 5.87. The molecule has 1 saturated heterocycles. The second-order valence-corrected chi connectivity index (χ2v) is 7.76. The summed E-state index contributed by atoms with van der Waals surface area (Å²) in [6, 6.07) is 6.89. The average Bonchev–Trinajstić information content (AvgIpc) is 3.38. The van der Waals surface area contributed by atoms with Gasteiger partial charge in [-0.15, -0.1) is 0 Å². The van der Waals surface area contributed by atoms with E-state index >= 15 is 0 Å². The van der Waals surface area contributed by atoms with Gasteiger partial charge < -0.3 is 10.2 Å². The molecule has 1 aliphatic heterocycles. The number of aromatic nitrogens is 4. The van der Waals surface area contributed by atoms with Gasteiger partial charge in [-0.3, -0.25) is 14.3 Å². The van der Waals surface area contributed by atoms with Gasteiger partial charge in [0.05, 0.1) is 23.0 Å². The van der Waals surface area contributed by atoms with E-state index in [0.29, 0.717) is 46.4 Å². The smallest absolute Gasteiger partial charge is 0.259 e. The molecule has 1 aliphatic rings. The van der Waals surface area contributed by atoms with Crippen molar-refractivity contribution in [2.75, 3.05) is 18.4 Å². The lowest BCUT2D eigenvalue weighted by molar-refractivity contribution is 0.0790. The molecule has 0 saturated carbocycles. The van der Waals surface area contributed by atoms with Crippen LogP contribution in [0.5, 0.6) is 0 Å². The van der Waals surface area contributed by atoms with Gasteiger partial charge in [0.25, 0.3) is 11.8 Å². The predicted molar refractivity (Wildman–Crippen MR) is 113 cm³/mol. The first-order chi connectivity index (χ1) is 14.4. The van der Waals surface area contributed by atoms with Gasteiger partial charge in [0.2, 0.25) is 0 Å². The molecule has 2 amide bonds. The van der Waals surface area contributed by atoms with Gasteiger partial charge >= 0.3 is 0 Å². The number of benzene rings is 1. The Kier molecular flexibility index (Phi) is 5.50. The highest BCUT2D eigenvalue weighted by atomic mass is 35.5. The van der Waals surface area contributed by atoms with Gasteiger partial charge in [-0.2, -0.15) is 5.10 Å². The number of likely N-dealkylation sites (tertiary alicyclic amines) is 1. The first kappa shape index (κ1) is 20.0.